The topological polar surface area (TPSA) is 37.3 Å². The predicted octanol–water partition coefficient (Wildman–Crippen LogP) is 3.68. The lowest BCUT2D eigenvalue weighted by molar-refractivity contribution is -0.139. The highest BCUT2D eigenvalue weighted by Crippen LogP contribution is 2.40. The van der Waals surface area contributed by atoms with Gasteiger partial charge in [-0.1, -0.05) is 51.1 Å². The molecular weight excluding hydrogens is 200 g/mol. The van der Waals surface area contributed by atoms with Crippen LogP contribution < -0.4 is 0 Å². The van der Waals surface area contributed by atoms with Crippen molar-refractivity contribution in [1.29, 1.82) is 0 Å². The zero-order chi connectivity index (χ0) is 12.2. The maximum atomic E-state index is 10.9. The molecule has 0 fully saturated rings. The van der Waals surface area contributed by atoms with E-state index in [1.807, 2.05) is 32.0 Å². The van der Waals surface area contributed by atoms with Crippen LogP contribution in [0.4, 0.5) is 0 Å². The maximum Gasteiger partial charge on any atom is 0.303 e. The summed E-state index contributed by atoms with van der Waals surface area (Å²) in [6.45, 7) is 6.17. The van der Waals surface area contributed by atoms with Crippen molar-refractivity contribution in [3.05, 3.63) is 35.9 Å². The average Bonchev–Trinajstić information content (AvgIpc) is 2.17. The van der Waals surface area contributed by atoms with Crippen LogP contribution in [0.25, 0.3) is 0 Å². The molecule has 0 saturated heterocycles. The zero-order valence-electron chi connectivity index (χ0n) is 10.2. The third-order valence-corrected chi connectivity index (χ3v) is 3.16. The van der Waals surface area contributed by atoms with Crippen molar-refractivity contribution >= 4 is 5.97 Å². The Morgan fingerprint density at radius 2 is 1.88 bits per heavy atom. The molecule has 0 amide bonds. The van der Waals surface area contributed by atoms with Crippen LogP contribution in [0.1, 0.15) is 45.1 Å². The highest BCUT2D eigenvalue weighted by atomic mass is 16.4. The molecule has 2 heteroatoms. The van der Waals surface area contributed by atoms with Gasteiger partial charge in [-0.15, -0.1) is 0 Å². The maximum absolute atomic E-state index is 10.9. The van der Waals surface area contributed by atoms with Gasteiger partial charge < -0.3 is 5.11 Å². The van der Waals surface area contributed by atoms with Gasteiger partial charge in [0.2, 0.25) is 0 Å². The second-order valence-electron chi connectivity index (χ2n) is 4.93. The second kappa shape index (κ2) is 5.15. The van der Waals surface area contributed by atoms with E-state index in [-0.39, 0.29) is 11.8 Å². The molecule has 88 valence electrons. The number of carboxylic acids is 1. The predicted molar refractivity (Wildman–Crippen MR) is 65.5 cm³/mol. The SMILES string of the molecule is CC[C@H](c1ccccc1)C(C)(C)CC(=O)O. The molecule has 1 N–H and O–H groups in total. The Bertz CT molecular complexity index is 341. The number of hydrogen-bond donors (Lipinski definition) is 1. The van der Waals surface area contributed by atoms with Crippen LogP contribution in [-0.2, 0) is 4.79 Å². The van der Waals surface area contributed by atoms with Gasteiger partial charge >= 0.3 is 5.97 Å². The summed E-state index contributed by atoms with van der Waals surface area (Å²) in [5.41, 5.74) is 1.03. The lowest BCUT2D eigenvalue weighted by atomic mass is 9.71. The molecule has 1 aromatic rings. The van der Waals surface area contributed by atoms with Crippen LogP contribution in [0.3, 0.4) is 0 Å². The summed E-state index contributed by atoms with van der Waals surface area (Å²) in [5.74, 6) is -0.427. The van der Waals surface area contributed by atoms with Crippen molar-refractivity contribution in [2.24, 2.45) is 5.41 Å². The van der Waals surface area contributed by atoms with Gasteiger partial charge in [0.25, 0.3) is 0 Å². The summed E-state index contributed by atoms with van der Waals surface area (Å²) < 4.78 is 0. The lowest BCUT2D eigenvalue weighted by Crippen LogP contribution is -2.25. The average molecular weight is 220 g/mol. The first-order valence-corrected chi connectivity index (χ1v) is 5.74. The first-order valence-electron chi connectivity index (χ1n) is 5.74. The monoisotopic (exact) mass is 220 g/mol. The first kappa shape index (κ1) is 12.8. The van der Waals surface area contributed by atoms with Crippen LogP contribution in [0.15, 0.2) is 30.3 Å². The van der Waals surface area contributed by atoms with E-state index in [0.29, 0.717) is 5.92 Å². The van der Waals surface area contributed by atoms with E-state index < -0.39 is 5.97 Å². The Hall–Kier alpha value is -1.31. The molecule has 1 atom stereocenters. The molecule has 0 saturated carbocycles. The van der Waals surface area contributed by atoms with Gasteiger partial charge in [-0.05, 0) is 23.3 Å². The van der Waals surface area contributed by atoms with E-state index >= 15 is 0 Å². The van der Waals surface area contributed by atoms with Gasteiger partial charge in [-0.25, -0.2) is 0 Å². The van der Waals surface area contributed by atoms with Crippen molar-refractivity contribution < 1.29 is 9.90 Å². The zero-order valence-corrected chi connectivity index (χ0v) is 10.2. The summed E-state index contributed by atoms with van der Waals surface area (Å²) in [4.78, 5) is 10.9. The van der Waals surface area contributed by atoms with E-state index in [2.05, 4.69) is 19.1 Å². The van der Waals surface area contributed by atoms with Crippen LogP contribution in [0, 0.1) is 5.41 Å². The summed E-state index contributed by atoms with van der Waals surface area (Å²) in [7, 11) is 0. The van der Waals surface area contributed by atoms with Crippen molar-refractivity contribution in [2.75, 3.05) is 0 Å². The Labute approximate surface area is 97.3 Å². The normalized spacial score (nSPS) is 13.4. The van der Waals surface area contributed by atoms with E-state index in [4.69, 9.17) is 5.11 Å². The van der Waals surface area contributed by atoms with Gasteiger partial charge in [0.1, 0.15) is 0 Å². The summed E-state index contributed by atoms with van der Waals surface area (Å²) in [5, 5.41) is 8.94. The molecule has 0 unspecified atom stereocenters. The molecule has 16 heavy (non-hydrogen) atoms. The lowest BCUT2D eigenvalue weighted by Gasteiger charge is -2.33. The molecule has 2 nitrogen and oxygen atoms in total. The highest BCUT2D eigenvalue weighted by Gasteiger charge is 2.31. The van der Waals surface area contributed by atoms with Crippen LogP contribution in [0.5, 0.6) is 0 Å². The summed E-state index contributed by atoms with van der Waals surface area (Å²) in [6, 6.07) is 10.2. The molecular formula is C14H20O2. The van der Waals surface area contributed by atoms with Gasteiger partial charge in [-0.3, -0.25) is 4.79 Å². The van der Waals surface area contributed by atoms with Gasteiger partial charge in [0.05, 0.1) is 6.42 Å². The van der Waals surface area contributed by atoms with Crippen LogP contribution in [0.2, 0.25) is 0 Å². The fourth-order valence-corrected chi connectivity index (χ4v) is 2.44. The van der Waals surface area contributed by atoms with Gasteiger partial charge in [0, 0.05) is 0 Å². The standard InChI is InChI=1S/C14H20O2/c1-4-12(11-8-6-5-7-9-11)14(2,3)10-13(15)16/h5-9,12H,4,10H2,1-3H3,(H,15,16)/t12-/m1/s1. The number of carbonyl (C=O) groups is 1. The first-order chi connectivity index (χ1) is 7.47. The number of hydrogen-bond acceptors (Lipinski definition) is 1. The summed E-state index contributed by atoms with van der Waals surface area (Å²) >= 11 is 0. The minimum atomic E-state index is -0.723. The smallest absolute Gasteiger partial charge is 0.303 e. The van der Waals surface area contributed by atoms with Crippen LogP contribution in [-0.4, -0.2) is 11.1 Å². The third kappa shape index (κ3) is 3.09. The largest absolute Gasteiger partial charge is 0.481 e. The Balaban J connectivity index is 2.94. The van der Waals surface area contributed by atoms with Gasteiger partial charge in [-0.2, -0.15) is 0 Å². The third-order valence-electron chi connectivity index (χ3n) is 3.16. The number of carboxylic acid groups (broad SMARTS) is 1. The Morgan fingerprint density at radius 1 is 1.31 bits per heavy atom. The van der Waals surface area contributed by atoms with E-state index in [9.17, 15) is 4.79 Å². The molecule has 0 radical (unpaired) electrons. The number of rotatable bonds is 5. The molecule has 0 aromatic heterocycles. The van der Waals surface area contributed by atoms with Crippen molar-refractivity contribution in [3.8, 4) is 0 Å². The molecule has 0 aliphatic heterocycles. The molecule has 0 bridgehead atoms. The Morgan fingerprint density at radius 3 is 2.31 bits per heavy atom. The molecule has 0 aliphatic carbocycles. The fourth-order valence-electron chi connectivity index (χ4n) is 2.44. The highest BCUT2D eigenvalue weighted by molar-refractivity contribution is 5.67. The molecule has 0 spiro atoms. The van der Waals surface area contributed by atoms with E-state index in [1.54, 1.807) is 0 Å². The number of benzene rings is 1. The van der Waals surface area contributed by atoms with Crippen molar-refractivity contribution in [3.63, 3.8) is 0 Å². The van der Waals surface area contributed by atoms with Crippen molar-refractivity contribution in [2.45, 2.75) is 39.5 Å². The second-order valence-corrected chi connectivity index (χ2v) is 4.93. The van der Waals surface area contributed by atoms with Crippen molar-refractivity contribution in [1.82, 2.24) is 0 Å². The fraction of sp³-hybridized carbons (Fsp3) is 0.500. The molecule has 1 aromatic carbocycles. The minimum absolute atomic E-state index is 0.206. The summed E-state index contributed by atoms with van der Waals surface area (Å²) in [6.07, 6.45) is 1.17. The van der Waals surface area contributed by atoms with E-state index in [1.165, 1.54) is 5.56 Å². The number of aliphatic carboxylic acids is 1. The van der Waals surface area contributed by atoms with E-state index in [0.717, 1.165) is 6.42 Å². The molecule has 1 rings (SSSR count). The quantitative estimate of drug-likeness (QED) is 0.821. The van der Waals surface area contributed by atoms with Crippen LogP contribution >= 0.6 is 0 Å². The minimum Gasteiger partial charge on any atom is -0.481 e. The Kier molecular flexibility index (Phi) is 4.11. The molecule has 0 heterocycles. The molecule has 0 aliphatic rings. The van der Waals surface area contributed by atoms with Gasteiger partial charge in [0.15, 0.2) is 0 Å².